The normalized spacial score (nSPS) is 15.9. The Morgan fingerprint density at radius 1 is 0.719 bits per heavy atom. The fourth-order valence-electron chi connectivity index (χ4n) is 6.87. The first kappa shape index (κ1) is 49.0. The first-order valence-corrected chi connectivity index (χ1v) is 21.5. The van der Waals surface area contributed by atoms with Crippen LogP contribution >= 0.6 is 0 Å². The number of hydrogen-bond acceptors (Lipinski definition) is 10. The van der Waals surface area contributed by atoms with E-state index in [1.165, 1.54) is 11.1 Å². The number of urea groups is 2. The zero-order chi connectivity index (χ0) is 44.6. The molecule has 3 fully saturated rings. The van der Waals surface area contributed by atoms with Gasteiger partial charge in [-0.05, 0) is 100.0 Å². The first-order chi connectivity index (χ1) is 30.5. The highest BCUT2D eigenvalue weighted by atomic mass is 16.6. The van der Waals surface area contributed by atoms with Crippen LogP contribution in [0.2, 0.25) is 0 Å². The molecule has 1 unspecified atom stereocenters. The van der Waals surface area contributed by atoms with Gasteiger partial charge in [-0.1, -0.05) is 7.43 Å². The van der Waals surface area contributed by atoms with Crippen LogP contribution in [-0.4, -0.2) is 151 Å². The van der Waals surface area contributed by atoms with E-state index in [1.807, 2.05) is 56.3 Å². The molecule has 17 nitrogen and oxygen atoms in total. The third-order valence-electron chi connectivity index (χ3n) is 10.2. The number of phenols is 1. The average molecular weight is 887 g/mol. The lowest BCUT2D eigenvalue weighted by molar-refractivity contribution is 0.0525. The number of nitrogens with two attached hydrogens (primary N) is 1. The molecule has 0 radical (unpaired) electrons. The molecule has 17 heteroatoms. The van der Waals surface area contributed by atoms with E-state index in [4.69, 9.17) is 34.5 Å². The molecule has 9 rings (SSSR count). The summed E-state index contributed by atoms with van der Waals surface area (Å²) in [6.07, 6.45) is 0.129. The van der Waals surface area contributed by atoms with Crippen LogP contribution in [-0.2, 0) is 14.2 Å². The number of H-pyrrole nitrogens is 3. The molecule has 3 saturated heterocycles. The Balaban J connectivity index is 0.000000170. The van der Waals surface area contributed by atoms with Gasteiger partial charge < -0.3 is 75.0 Å². The third-order valence-corrected chi connectivity index (χ3v) is 10.2. The van der Waals surface area contributed by atoms with Crippen molar-refractivity contribution in [2.24, 2.45) is 5.73 Å². The summed E-state index contributed by atoms with van der Waals surface area (Å²) in [6.45, 7) is 14.2. The molecular formula is C47H66N8O9. The molecule has 0 bridgehead atoms. The van der Waals surface area contributed by atoms with E-state index in [2.05, 4.69) is 50.7 Å². The zero-order valence-electron chi connectivity index (χ0n) is 36.4. The monoisotopic (exact) mass is 886 g/mol. The predicted molar refractivity (Wildman–Crippen MR) is 249 cm³/mol. The van der Waals surface area contributed by atoms with Gasteiger partial charge in [0.05, 0.1) is 39.1 Å². The Labute approximate surface area is 374 Å². The molecule has 3 aromatic carbocycles. The first-order valence-electron chi connectivity index (χ1n) is 21.5. The fourth-order valence-corrected chi connectivity index (χ4v) is 6.87. The van der Waals surface area contributed by atoms with Crippen molar-refractivity contribution in [3.63, 3.8) is 0 Å². The van der Waals surface area contributed by atoms with Gasteiger partial charge in [0, 0.05) is 95.6 Å². The van der Waals surface area contributed by atoms with Crippen LogP contribution in [0, 0.1) is 20.8 Å². The van der Waals surface area contributed by atoms with E-state index in [-0.39, 0.29) is 26.1 Å². The molecular weight excluding hydrogens is 821 g/mol. The Morgan fingerprint density at radius 2 is 1.17 bits per heavy atom. The maximum absolute atomic E-state index is 11.9. The number of ether oxygens (including phenoxy) is 5. The minimum Gasteiger partial charge on any atom is -0.508 e. The quantitative estimate of drug-likeness (QED) is 0.0740. The van der Waals surface area contributed by atoms with Crippen molar-refractivity contribution in [3.05, 3.63) is 89.9 Å². The standard InChI is InChI=1S/C18H25N3O4.C12H13NO2.C9H9NO.C7H15N3O2.CH4/c1-13-10-14-11-16(2-3-17(14)20-13)25-12-15(22)4-5-19-18(23)21-6-8-24-9-7-21;1-8-4-9-5-10(2-3-12(9)13-8)14-6-11-7-15-11;1-6-4-7-5-8(11)2-3-9(7)10-6;8-1-2-9-7(11)10-3-5-12-6-4-10;/h2-3,10-11,15,20,22H,4-9,12H2,1H3,(H,19,23);2-5,11,13H,6-7H2,1H3;2-5,10-11H,1H3;1-6,8H2,(H,9,11);1H4/t15-;;;;/m0..../s1. The van der Waals surface area contributed by atoms with Crippen LogP contribution < -0.4 is 25.8 Å². The maximum atomic E-state index is 11.9. The molecule has 64 heavy (non-hydrogen) atoms. The maximum Gasteiger partial charge on any atom is 0.317 e. The van der Waals surface area contributed by atoms with Gasteiger partial charge in [-0.2, -0.15) is 0 Å². The van der Waals surface area contributed by atoms with E-state index in [1.54, 1.807) is 21.9 Å². The zero-order valence-corrected chi connectivity index (χ0v) is 36.4. The van der Waals surface area contributed by atoms with Crippen molar-refractivity contribution < 1.29 is 43.5 Å². The second-order valence-corrected chi connectivity index (χ2v) is 15.6. The lowest BCUT2D eigenvalue weighted by atomic mass is 10.2. The topological polar surface area (TPSA) is 228 Å². The van der Waals surface area contributed by atoms with Crippen LogP contribution in [0.4, 0.5) is 9.59 Å². The van der Waals surface area contributed by atoms with Gasteiger partial charge in [-0.25, -0.2) is 9.59 Å². The SMILES string of the molecule is C.Cc1cc2cc(O)ccc2[nH]1.Cc1cc2cc(OCC3CO3)ccc2[nH]1.Cc1cc2cc(OC[C@@H](O)CCNC(=O)N3CCOCC3)ccc2[nH]1.NCCNC(=O)N1CCOCC1. The number of amides is 4. The molecule has 9 N–H and O–H groups in total. The Hall–Kier alpha value is -5.98. The summed E-state index contributed by atoms with van der Waals surface area (Å²) >= 11 is 0. The molecule has 3 aromatic heterocycles. The number of carbonyl (C=O) groups excluding carboxylic acids is 2. The average Bonchev–Trinajstić information content (AvgIpc) is 3.77. The largest absolute Gasteiger partial charge is 0.508 e. The predicted octanol–water partition coefficient (Wildman–Crippen LogP) is 5.71. The van der Waals surface area contributed by atoms with E-state index in [0.717, 1.165) is 56.8 Å². The van der Waals surface area contributed by atoms with Gasteiger partial charge in [-0.15, -0.1) is 0 Å². The van der Waals surface area contributed by atoms with Crippen molar-refractivity contribution >= 4 is 44.8 Å². The van der Waals surface area contributed by atoms with Crippen molar-refractivity contribution in [2.45, 2.75) is 46.8 Å². The summed E-state index contributed by atoms with van der Waals surface area (Å²) in [7, 11) is 0. The number of aromatic amines is 3. The Bertz CT molecular complexity index is 2340. The Kier molecular flexibility index (Phi) is 19.0. The van der Waals surface area contributed by atoms with Crippen molar-refractivity contribution in [2.75, 3.05) is 92.1 Å². The highest BCUT2D eigenvalue weighted by Gasteiger charge is 2.23. The van der Waals surface area contributed by atoms with Crippen molar-refractivity contribution in [3.8, 4) is 17.2 Å². The number of aliphatic hydroxyl groups is 1. The number of hydrogen-bond donors (Lipinski definition) is 8. The molecule has 0 aliphatic carbocycles. The minimum absolute atomic E-state index is 0. The van der Waals surface area contributed by atoms with E-state index in [9.17, 15) is 14.7 Å². The number of rotatable bonds is 11. The third kappa shape index (κ3) is 15.7. The highest BCUT2D eigenvalue weighted by molar-refractivity contribution is 5.83. The highest BCUT2D eigenvalue weighted by Crippen LogP contribution is 2.24. The molecule has 0 spiro atoms. The smallest absolute Gasteiger partial charge is 0.317 e. The van der Waals surface area contributed by atoms with Crippen LogP contribution in [0.15, 0.2) is 72.8 Å². The Morgan fingerprint density at radius 3 is 1.66 bits per heavy atom. The van der Waals surface area contributed by atoms with Gasteiger partial charge >= 0.3 is 12.1 Å². The molecule has 0 saturated carbocycles. The van der Waals surface area contributed by atoms with E-state index in [0.29, 0.717) is 97.1 Å². The summed E-state index contributed by atoms with van der Waals surface area (Å²) in [5.74, 6) is 1.96. The van der Waals surface area contributed by atoms with Crippen LogP contribution in [0.5, 0.6) is 17.2 Å². The number of carbonyl (C=O) groups is 2. The summed E-state index contributed by atoms with van der Waals surface area (Å²) in [5.41, 5.74) is 11.9. The van der Waals surface area contributed by atoms with Gasteiger partial charge in [0.25, 0.3) is 0 Å². The number of phenolic OH excluding ortho intramolecular Hbond substituents is 1. The number of benzene rings is 3. The minimum atomic E-state index is -0.631. The number of morpholine rings is 2. The second kappa shape index (κ2) is 24.8. The van der Waals surface area contributed by atoms with Gasteiger partial charge in [0.15, 0.2) is 0 Å². The summed E-state index contributed by atoms with van der Waals surface area (Å²) in [5, 5.41) is 28.0. The molecule has 2 atom stereocenters. The molecule has 4 amide bonds. The second-order valence-electron chi connectivity index (χ2n) is 15.6. The van der Waals surface area contributed by atoms with Crippen LogP contribution in [0.3, 0.4) is 0 Å². The number of epoxide rings is 1. The number of nitrogens with one attached hydrogen (secondary N) is 5. The number of aliphatic hydroxyl groups excluding tert-OH is 1. The summed E-state index contributed by atoms with van der Waals surface area (Å²) < 4.78 is 26.7. The lowest BCUT2D eigenvalue weighted by Crippen LogP contribution is -2.47. The number of aromatic nitrogens is 3. The van der Waals surface area contributed by atoms with E-state index >= 15 is 0 Å². The summed E-state index contributed by atoms with van der Waals surface area (Å²) in [6, 6.07) is 23.2. The number of aromatic hydroxyl groups is 1. The van der Waals surface area contributed by atoms with Crippen LogP contribution in [0.25, 0.3) is 32.7 Å². The molecule has 348 valence electrons. The number of fused-ring (bicyclic) bond motifs is 3. The van der Waals surface area contributed by atoms with Gasteiger partial charge in [0.2, 0.25) is 0 Å². The van der Waals surface area contributed by atoms with Gasteiger partial charge in [-0.3, -0.25) is 0 Å². The van der Waals surface area contributed by atoms with Crippen LogP contribution in [0.1, 0.15) is 30.9 Å². The summed E-state index contributed by atoms with van der Waals surface area (Å²) in [4.78, 5) is 36.4. The van der Waals surface area contributed by atoms with E-state index < -0.39 is 6.10 Å². The number of aryl methyl sites for hydroxylation is 3. The van der Waals surface area contributed by atoms with Crippen molar-refractivity contribution in [1.82, 2.24) is 35.4 Å². The molecule has 3 aliphatic rings. The number of nitrogens with zero attached hydrogens (tertiary/aromatic N) is 2. The van der Waals surface area contributed by atoms with Crippen molar-refractivity contribution in [1.29, 1.82) is 0 Å². The molecule has 3 aliphatic heterocycles. The fraction of sp³-hybridized carbons (Fsp3) is 0.447. The molecule has 6 aromatic rings. The molecule has 6 heterocycles. The van der Waals surface area contributed by atoms with Gasteiger partial charge in [0.1, 0.15) is 36.6 Å². The lowest BCUT2D eigenvalue weighted by Gasteiger charge is -2.27.